The molecule has 6 nitrogen and oxygen atoms in total. The second-order valence-electron chi connectivity index (χ2n) is 7.41. The molecule has 1 aromatic carbocycles. The van der Waals surface area contributed by atoms with E-state index in [2.05, 4.69) is 19.2 Å². The average Bonchev–Trinajstić information content (AvgIpc) is 2.56. The minimum Gasteiger partial charge on any atom is -0.325 e. The SMILES string of the molecule is Cc1c(NC(=O)CC#N)cc2c(c1[N+](=O)[O-])C(C)(C)CC2(C)C. The van der Waals surface area contributed by atoms with Crippen molar-refractivity contribution in [3.05, 3.63) is 32.9 Å². The Balaban J connectivity index is 2.72. The highest BCUT2D eigenvalue weighted by atomic mass is 16.6. The number of nitrogens with zero attached hydrogens (tertiary/aromatic N) is 2. The quantitative estimate of drug-likeness (QED) is 0.679. The predicted octanol–water partition coefficient (Wildman–Crippen LogP) is 3.71. The van der Waals surface area contributed by atoms with Crippen LogP contribution < -0.4 is 5.32 Å². The highest BCUT2D eigenvalue weighted by Crippen LogP contribution is 2.54. The molecule has 1 aromatic rings. The van der Waals surface area contributed by atoms with Gasteiger partial charge in [-0.2, -0.15) is 5.26 Å². The fourth-order valence-corrected chi connectivity index (χ4v) is 3.90. The first-order chi connectivity index (χ1) is 10.5. The Bertz CT molecular complexity index is 742. The van der Waals surface area contributed by atoms with Gasteiger partial charge in [0.15, 0.2) is 0 Å². The van der Waals surface area contributed by atoms with Gasteiger partial charge in [-0.05, 0) is 35.8 Å². The van der Waals surface area contributed by atoms with Crippen LogP contribution in [0, 0.1) is 28.4 Å². The van der Waals surface area contributed by atoms with Gasteiger partial charge in [-0.15, -0.1) is 0 Å². The number of nitrogens with one attached hydrogen (secondary N) is 1. The van der Waals surface area contributed by atoms with Gasteiger partial charge >= 0.3 is 0 Å². The summed E-state index contributed by atoms with van der Waals surface area (Å²) < 4.78 is 0. The molecule has 0 aromatic heterocycles. The number of carbonyl (C=O) groups is 1. The predicted molar refractivity (Wildman–Crippen MR) is 87.4 cm³/mol. The van der Waals surface area contributed by atoms with Crippen LogP contribution in [0.25, 0.3) is 0 Å². The number of carbonyl (C=O) groups excluding carboxylic acids is 1. The maximum absolute atomic E-state index is 11.7. The molecule has 0 saturated heterocycles. The topological polar surface area (TPSA) is 96.0 Å². The first kappa shape index (κ1) is 16.9. The van der Waals surface area contributed by atoms with Crippen LogP contribution in [-0.2, 0) is 15.6 Å². The molecule has 1 N–H and O–H groups in total. The van der Waals surface area contributed by atoms with E-state index < -0.39 is 5.91 Å². The van der Waals surface area contributed by atoms with E-state index in [1.165, 1.54) is 0 Å². The number of nitro groups is 1. The summed E-state index contributed by atoms with van der Waals surface area (Å²) in [6, 6.07) is 3.62. The number of amides is 1. The maximum Gasteiger partial charge on any atom is 0.278 e. The van der Waals surface area contributed by atoms with Gasteiger partial charge in [-0.3, -0.25) is 14.9 Å². The van der Waals surface area contributed by atoms with E-state index in [1.54, 1.807) is 13.0 Å². The van der Waals surface area contributed by atoms with Crippen LogP contribution in [0.5, 0.6) is 0 Å². The highest BCUT2D eigenvalue weighted by Gasteiger charge is 2.47. The van der Waals surface area contributed by atoms with E-state index in [0.717, 1.165) is 17.5 Å². The summed E-state index contributed by atoms with van der Waals surface area (Å²) in [5.41, 5.74) is 2.06. The molecule has 2 rings (SSSR count). The zero-order valence-corrected chi connectivity index (χ0v) is 14.1. The Kier molecular flexibility index (Phi) is 3.93. The normalized spacial score (nSPS) is 17.2. The zero-order chi connectivity index (χ0) is 17.6. The van der Waals surface area contributed by atoms with Gasteiger partial charge in [0.1, 0.15) is 6.42 Å². The molecule has 0 bridgehead atoms. The van der Waals surface area contributed by atoms with Crippen molar-refractivity contribution < 1.29 is 9.72 Å². The number of hydrogen-bond acceptors (Lipinski definition) is 4. The smallest absolute Gasteiger partial charge is 0.278 e. The molecule has 1 amide bonds. The molecule has 6 heteroatoms. The van der Waals surface area contributed by atoms with Crippen LogP contribution in [0.3, 0.4) is 0 Å². The first-order valence-electron chi connectivity index (χ1n) is 7.51. The second-order valence-corrected chi connectivity index (χ2v) is 7.41. The lowest BCUT2D eigenvalue weighted by molar-refractivity contribution is -0.386. The lowest BCUT2D eigenvalue weighted by Gasteiger charge is -2.22. The van der Waals surface area contributed by atoms with Crippen LogP contribution in [-0.4, -0.2) is 10.8 Å². The number of hydrogen-bond donors (Lipinski definition) is 1. The zero-order valence-electron chi connectivity index (χ0n) is 14.1. The van der Waals surface area contributed by atoms with E-state index in [4.69, 9.17) is 5.26 Å². The highest BCUT2D eigenvalue weighted by molar-refractivity contribution is 5.94. The monoisotopic (exact) mass is 315 g/mol. The first-order valence-corrected chi connectivity index (χ1v) is 7.51. The molecule has 1 aliphatic rings. The van der Waals surface area contributed by atoms with Crippen molar-refractivity contribution in [2.24, 2.45) is 0 Å². The Hall–Kier alpha value is -2.42. The number of fused-ring (bicyclic) bond motifs is 1. The molecule has 0 heterocycles. The van der Waals surface area contributed by atoms with Crippen molar-refractivity contribution in [1.82, 2.24) is 0 Å². The van der Waals surface area contributed by atoms with Crippen molar-refractivity contribution in [3.63, 3.8) is 0 Å². The summed E-state index contributed by atoms with van der Waals surface area (Å²) in [6.45, 7) is 9.78. The van der Waals surface area contributed by atoms with Crippen LogP contribution >= 0.6 is 0 Å². The van der Waals surface area contributed by atoms with Crippen LogP contribution in [0.4, 0.5) is 11.4 Å². The third-order valence-electron chi connectivity index (χ3n) is 4.54. The molecule has 1 aliphatic carbocycles. The van der Waals surface area contributed by atoms with Gasteiger partial charge in [0.05, 0.1) is 22.2 Å². The summed E-state index contributed by atoms with van der Waals surface area (Å²) in [5, 5.41) is 22.9. The number of anilines is 1. The van der Waals surface area contributed by atoms with Crippen molar-refractivity contribution in [2.45, 2.75) is 58.3 Å². The lowest BCUT2D eigenvalue weighted by atomic mass is 9.81. The van der Waals surface area contributed by atoms with E-state index in [0.29, 0.717) is 11.3 Å². The molecule has 0 spiro atoms. The third-order valence-corrected chi connectivity index (χ3v) is 4.54. The fraction of sp³-hybridized carbons (Fsp3) is 0.529. The number of nitro benzene ring substituents is 1. The van der Waals surface area contributed by atoms with Gasteiger partial charge in [-0.25, -0.2) is 0 Å². The van der Waals surface area contributed by atoms with E-state index in [1.807, 2.05) is 19.9 Å². The molecule has 0 unspecified atom stereocenters. The van der Waals surface area contributed by atoms with E-state index in [-0.39, 0.29) is 27.9 Å². The fourth-order valence-electron chi connectivity index (χ4n) is 3.90. The van der Waals surface area contributed by atoms with Gasteiger partial charge in [0.2, 0.25) is 5.91 Å². The minimum absolute atomic E-state index is 0.0744. The number of rotatable bonds is 3. The third kappa shape index (κ3) is 2.79. The molecule has 122 valence electrons. The number of nitriles is 1. The molecule has 0 aliphatic heterocycles. The van der Waals surface area contributed by atoms with Gasteiger partial charge in [0, 0.05) is 5.56 Å². The molecule has 0 fully saturated rings. The van der Waals surface area contributed by atoms with E-state index in [9.17, 15) is 14.9 Å². The molecule has 0 atom stereocenters. The summed E-state index contributed by atoms with van der Waals surface area (Å²) in [7, 11) is 0. The molecule has 0 radical (unpaired) electrons. The largest absolute Gasteiger partial charge is 0.325 e. The Morgan fingerprint density at radius 1 is 1.39 bits per heavy atom. The summed E-state index contributed by atoms with van der Waals surface area (Å²) in [4.78, 5) is 23.1. The van der Waals surface area contributed by atoms with Crippen molar-refractivity contribution in [2.75, 3.05) is 5.32 Å². The van der Waals surface area contributed by atoms with Crippen LogP contribution in [0.15, 0.2) is 6.07 Å². The van der Waals surface area contributed by atoms with E-state index >= 15 is 0 Å². The standard InChI is InChI=1S/C17H21N3O3/c1-10-12(19-13(21)6-7-18)8-11-14(15(10)20(22)23)17(4,5)9-16(11,2)3/h8H,6,9H2,1-5H3,(H,19,21). The molecule has 0 saturated carbocycles. The molecule has 23 heavy (non-hydrogen) atoms. The Morgan fingerprint density at radius 3 is 2.52 bits per heavy atom. The second kappa shape index (κ2) is 5.34. The Morgan fingerprint density at radius 2 is 2.00 bits per heavy atom. The lowest BCUT2D eigenvalue weighted by Crippen LogP contribution is -2.18. The molecular formula is C17H21N3O3. The van der Waals surface area contributed by atoms with Crippen molar-refractivity contribution in [1.29, 1.82) is 5.26 Å². The van der Waals surface area contributed by atoms with Crippen LogP contribution in [0.2, 0.25) is 0 Å². The van der Waals surface area contributed by atoms with Gasteiger partial charge in [-0.1, -0.05) is 27.7 Å². The summed E-state index contributed by atoms with van der Waals surface area (Å²) >= 11 is 0. The van der Waals surface area contributed by atoms with Crippen LogP contribution in [0.1, 0.15) is 57.2 Å². The maximum atomic E-state index is 11.7. The summed E-state index contributed by atoms with van der Waals surface area (Å²) in [5.74, 6) is -0.458. The molecular weight excluding hydrogens is 294 g/mol. The minimum atomic E-state index is -0.458. The van der Waals surface area contributed by atoms with Crippen molar-refractivity contribution in [3.8, 4) is 6.07 Å². The summed E-state index contributed by atoms with van der Waals surface area (Å²) in [6.07, 6.45) is 0.518. The van der Waals surface area contributed by atoms with Gasteiger partial charge < -0.3 is 5.32 Å². The average molecular weight is 315 g/mol. The van der Waals surface area contributed by atoms with Crippen molar-refractivity contribution >= 4 is 17.3 Å². The number of benzene rings is 1. The Labute approximate surface area is 135 Å². The van der Waals surface area contributed by atoms with Gasteiger partial charge in [0.25, 0.3) is 5.69 Å².